The number of hydrogen-bond donors (Lipinski definition) is 2. The van der Waals surface area contributed by atoms with Crippen LogP contribution in [0.15, 0.2) is 36.9 Å². The van der Waals surface area contributed by atoms with Crippen LogP contribution in [0, 0.1) is 0 Å². The van der Waals surface area contributed by atoms with Crippen molar-refractivity contribution in [2.75, 3.05) is 12.3 Å². The second kappa shape index (κ2) is 6.32. The summed E-state index contributed by atoms with van der Waals surface area (Å²) < 4.78 is 25.0. The third-order valence-electron chi connectivity index (χ3n) is 2.27. The van der Waals surface area contributed by atoms with Crippen molar-refractivity contribution in [2.45, 2.75) is 6.42 Å². The predicted octanol–water partition coefficient (Wildman–Crippen LogP) is 1.03. The molecule has 0 aliphatic carbocycles. The van der Waals surface area contributed by atoms with Gasteiger partial charge in [-0.2, -0.15) is 0 Å². The average Bonchev–Trinajstić information content (AvgIpc) is 2.29. The van der Waals surface area contributed by atoms with Gasteiger partial charge in [0.2, 0.25) is 10.0 Å². The fourth-order valence-corrected chi connectivity index (χ4v) is 2.22. The number of hydrogen-bond acceptors (Lipinski definition) is 3. The second-order valence-electron chi connectivity index (χ2n) is 3.72. The Morgan fingerprint density at radius 3 is 2.44 bits per heavy atom. The molecule has 0 heterocycles. The summed E-state index contributed by atoms with van der Waals surface area (Å²) in [5.74, 6) is -1.08. The molecule has 0 spiro atoms. The van der Waals surface area contributed by atoms with E-state index in [1.54, 1.807) is 12.1 Å². The van der Waals surface area contributed by atoms with Gasteiger partial charge in [-0.3, -0.25) is 0 Å². The summed E-state index contributed by atoms with van der Waals surface area (Å²) in [7, 11) is -3.29. The molecule has 18 heavy (non-hydrogen) atoms. The zero-order valence-electron chi connectivity index (χ0n) is 9.80. The van der Waals surface area contributed by atoms with Gasteiger partial charge in [-0.25, -0.2) is 17.9 Å². The molecule has 0 aliphatic heterocycles. The molecular weight excluding hydrogens is 254 g/mol. The summed E-state index contributed by atoms with van der Waals surface area (Å²) in [5, 5.41) is 8.72. The highest BCUT2D eigenvalue weighted by Crippen LogP contribution is 2.05. The Morgan fingerprint density at radius 2 is 1.94 bits per heavy atom. The van der Waals surface area contributed by atoms with Gasteiger partial charge in [-0.1, -0.05) is 18.2 Å². The van der Waals surface area contributed by atoms with Crippen LogP contribution < -0.4 is 4.72 Å². The van der Waals surface area contributed by atoms with Crippen LogP contribution in [0.5, 0.6) is 0 Å². The first-order chi connectivity index (χ1) is 8.44. The van der Waals surface area contributed by atoms with Gasteiger partial charge in [-0.05, 0) is 24.1 Å². The van der Waals surface area contributed by atoms with Crippen LogP contribution in [-0.2, 0) is 16.4 Å². The topological polar surface area (TPSA) is 83.5 Å². The van der Waals surface area contributed by atoms with E-state index in [2.05, 4.69) is 11.3 Å². The zero-order valence-corrected chi connectivity index (χ0v) is 10.6. The lowest BCUT2D eigenvalue weighted by atomic mass is 10.1. The van der Waals surface area contributed by atoms with Crippen LogP contribution in [0.4, 0.5) is 0 Å². The molecule has 0 saturated carbocycles. The molecule has 0 saturated heterocycles. The summed E-state index contributed by atoms with van der Waals surface area (Å²) in [6.45, 7) is 3.64. The first kappa shape index (κ1) is 14.4. The highest BCUT2D eigenvalue weighted by Gasteiger charge is 2.06. The largest absolute Gasteiger partial charge is 0.478 e. The van der Waals surface area contributed by atoms with E-state index in [9.17, 15) is 13.2 Å². The third-order valence-corrected chi connectivity index (χ3v) is 3.59. The first-order valence-electron chi connectivity index (χ1n) is 5.35. The number of sulfonamides is 1. The number of carboxylic acid groups (broad SMARTS) is 1. The van der Waals surface area contributed by atoms with Gasteiger partial charge in [0, 0.05) is 6.54 Å². The summed E-state index contributed by atoms with van der Waals surface area (Å²) in [4.78, 5) is 10.6. The molecule has 0 unspecified atom stereocenters. The Morgan fingerprint density at radius 1 is 1.33 bits per heavy atom. The zero-order chi connectivity index (χ0) is 13.6. The van der Waals surface area contributed by atoms with Crippen molar-refractivity contribution >= 4 is 16.0 Å². The van der Waals surface area contributed by atoms with Gasteiger partial charge < -0.3 is 5.11 Å². The molecular formula is C12H15NO4S. The Hall–Kier alpha value is -1.66. The molecule has 0 amide bonds. The molecule has 1 aromatic rings. The minimum absolute atomic E-state index is 0.106. The quantitative estimate of drug-likeness (QED) is 0.724. The van der Waals surface area contributed by atoms with E-state index in [1.807, 2.05) is 0 Å². The normalized spacial score (nSPS) is 11.1. The van der Waals surface area contributed by atoms with Crippen molar-refractivity contribution in [3.63, 3.8) is 0 Å². The molecule has 0 aliphatic rings. The van der Waals surface area contributed by atoms with E-state index in [0.29, 0.717) is 6.42 Å². The van der Waals surface area contributed by atoms with Crippen LogP contribution in [0.1, 0.15) is 15.9 Å². The average molecular weight is 269 g/mol. The number of rotatable bonds is 7. The Labute approximate surface area is 106 Å². The number of carbonyl (C=O) groups is 1. The van der Waals surface area contributed by atoms with Gasteiger partial charge in [-0.15, -0.1) is 6.58 Å². The number of aromatic carboxylic acids is 1. The molecule has 0 fully saturated rings. The fourth-order valence-electron chi connectivity index (χ4n) is 1.38. The van der Waals surface area contributed by atoms with E-state index in [4.69, 9.17) is 5.11 Å². The van der Waals surface area contributed by atoms with Gasteiger partial charge in [0.1, 0.15) is 0 Å². The summed E-state index contributed by atoms with van der Waals surface area (Å²) in [5.41, 5.74) is 1.09. The SMILES string of the molecule is C=CCS(=O)(=O)NCCc1ccc(C(=O)O)cc1. The first-order valence-corrected chi connectivity index (χ1v) is 7.00. The molecule has 0 atom stereocenters. The highest BCUT2D eigenvalue weighted by atomic mass is 32.2. The Bertz CT molecular complexity index is 520. The molecule has 1 aromatic carbocycles. The Kier molecular flexibility index (Phi) is 5.06. The highest BCUT2D eigenvalue weighted by molar-refractivity contribution is 7.89. The van der Waals surface area contributed by atoms with Gasteiger partial charge in [0.25, 0.3) is 0 Å². The third kappa shape index (κ3) is 4.68. The monoisotopic (exact) mass is 269 g/mol. The van der Waals surface area contributed by atoms with E-state index < -0.39 is 16.0 Å². The van der Waals surface area contributed by atoms with Gasteiger partial charge >= 0.3 is 5.97 Å². The molecule has 2 N–H and O–H groups in total. The van der Waals surface area contributed by atoms with E-state index >= 15 is 0 Å². The minimum Gasteiger partial charge on any atom is -0.478 e. The van der Waals surface area contributed by atoms with E-state index in [-0.39, 0.29) is 17.9 Å². The van der Waals surface area contributed by atoms with Gasteiger partial charge in [0.15, 0.2) is 0 Å². The summed E-state index contributed by atoms with van der Waals surface area (Å²) >= 11 is 0. The standard InChI is InChI=1S/C12H15NO4S/c1-2-9-18(16,17)13-8-7-10-3-5-11(6-4-10)12(14)15/h2-6,13H,1,7-9H2,(H,14,15). The van der Waals surface area contributed by atoms with Crippen LogP contribution in [-0.4, -0.2) is 31.8 Å². The van der Waals surface area contributed by atoms with E-state index in [1.165, 1.54) is 18.2 Å². The molecule has 0 bridgehead atoms. The lowest BCUT2D eigenvalue weighted by molar-refractivity contribution is 0.0697. The second-order valence-corrected chi connectivity index (χ2v) is 5.57. The maximum atomic E-state index is 11.3. The maximum absolute atomic E-state index is 11.3. The van der Waals surface area contributed by atoms with Crippen molar-refractivity contribution in [3.8, 4) is 0 Å². The van der Waals surface area contributed by atoms with Gasteiger partial charge in [0.05, 0.1) is 11.3 Å². The van der Waals surface area contributed by atoms with Crippen molar-refractivity contribution in [3.05, 3.63) is 48.0 Å². The minimum atomic E-state index is -3.29. The van der Waals surface area contributed by atoms with Crippen molar-refractivity contribution < 1.29 is 18.3 Å². The lowest BCUT2D eigenvalue weighted by Crippen LogP contribution is -2.27. The summed E-state index contributed by atoms with van der Waals surface area (Å²) in [6, 6.07) is 6.34. The maximum Gasteiger partial charge on any atom is 0.335 e. The predicted molar refractivity (Wildman–Crippen MR) is 69.1 cm³/mol. The van der Waals surface area contributed by atoms with Crippen molar-refractivity contribution in [1.29, 1.82) is 0 Å². The molecule has 1 rings (SSSR count). The molecule has 5 nitrogen and oxygen atoms in total. The van der Waals surface area contributed by atoms with Crippen LogP contribution in [0.3, 0.4) is 0 Å². The van der Waals surface area contributed by atoms with Crippen molar-refractivity contribution in [1.82, 2.24) is 4.72 Å². The lowest BCUT2D eigenvalue weighted by Gasteiger charge is -2.05. The van der Waals surface area contributed by atoms with E-state index in [0.717, 1.165) is 5.56 Å². The fraction of sp³-hybridized carbons (Fsp3) is 0.250. The number of benzene rings is 1. The van der Waals surface area contributed by atoms with Crippen LogP contribution >= 0.6 is 0 Å². The Balaban J connectivity index is 2.49. The number of carboxylic acids is 1. The summed E-state index contributed by atoms with van der Waals surface area (Å²) in [6.07, 6.45) is 1.83. The molecule has 98 valence electrons. The molecule has 0 aromatic heterocycles. The molecule has 6 heteroatoms. The van der Waals surface area contributed by atoms with Crippen molar-refractivity contribution in [2.24, 2.45) is 0 Å². The number of nitrogens with one attached hydrogen (secondary N) is 1. The smallest absolute Gasteiger partial charge is 0.335 e. The van der Waals surface area contributed by atoms with Crippen LogP contribution in [0.25, 0.3) is 0 Å². The van der Waals surface area contributed by atoms with Crippen LogP contribution in [0.2, 0.25) is 0 Å². The molecule has 0 radical (unpaired) electrons.